The number of carbonyl (C=O) groups excluding carboxylic acids is 1. The van der Waals surface area contributed by atoms with Gasteiger partial charge in [-0.2, -0.15) is 18.3 Å². The van der Waals surface area contributed by atoms with Gasteiger partial charge in [0, 0.05) is 23.0 Å². The highest BCUT2D eigenvalue weighted by molar-refractivity contribution is 9.10. The van der Waals surface area contributed by atoms with Crippen LogP contribution in [0.3, 0.4) is 0 Å². The lowest BCUT2D eigenvalue weighted by Gasteiger charge is -2.33. The average molecular weight is 431 g/mol. The molecule has 0 aliphatic carbocycles. The Bertz CT molecular complexity index is 801. The Kier molecular flexibility index (Phi) is 5.01. The second-order valence-electron chi connectivity index (χ2n) is 6.53. The molecule has 1 aromatic carbocycles. The summed E-state index contributed by atoms with van der Waals surface area (Å²) in [5, 5.41) is 9.62. The van der Waals surface area contributed by atoms with Gasteiger partial charge in [0.05, 0.1) is 6.04 Å². The maximum absolute atomic E-state index is 13.6. The lowest BCUT2D eigenvalue weighted by atomic mass is 9.97. The van der Waals surface area contributed by atoms with Crippen molar-refractivity contribution in [3.8, 4) is 0 Å². The molecule has 2 heterocycles. The molecule has 26 heavy (non-hydrogen) atoms. The molecule has 0 radical (unpaired) electrons. The van der Waals surface area contributed by atoms with Gasteiger partial charge in [0.25, 0.3) is 5.91 Å². The predicted molar refractivity (Wildman–Crippen MR) is 95.0 cm³/mol. The standard InChI is InChI=1S/C17H18BrF3N4O/c1-9(2)22-16(26)13-8-15-23-12(10-3-5-11(18)6-4-10)7-14(17(19,20)21)25(15)24-13/h3-6,8-9,12,14,23H,7H2,1-2H3,(H,22,26)/t12-,14+/m1/s1. The Morgan fingerprint density at radius 2 is 2.00 bits per heavy atom. The molecule has 0 bridgehead atoms. The molecule has 0 saturated carbocycles. The van der Waals surface area contributed by atoms with E-state index in [4.69, 9.17) is 0 Å². The minimum Gasteiger partial charge on any atom is -0.363 e. The van der Waals surface area contributed by atoms with Crippen LogP contribution in [0, 0.1) is 0 Å². The fraction of sp³-hybridized carbons (Fsp3) is 0.412. The van der Waals surface area contributed by atoms with E-state index >= 15 is 0 Å². The molecule has 5 nitrogen and oxygen atoms in total. The Balaban J connectivity index is 1.96. The van der Waals surface area contributed by atoms with E-state index in [0.717, 1.165) is 14.7 Å². The van der Waals surface area contributed by atoms with Crippen LogP contribution in [0.15, 0.2) is 34.8 Å². The molecule has 0 spiro atoms. The van der Waals surface area contributed by atoms with Crippen LogP contribution in [0.25, 0.3) is 0 Å². The lowest BCUT2D eigenvalue weighted by Crippen LogP contribution is -2.36. The van der Waals surface area contributed by atoms with Gasteiger partial charge >= 0.3 is 6.18 Å². The van der Waals surface area contributed by atoms with E-state index in [2.05, 4.69) is 31.7 Å². The molecule has 0 unspecified atom stereocenters. The van der Waals surface area contributed by atoms with Gasteiger partial charge in [-0.1, -0.05) is 28.1 Å². The molecule has 2 aromatic rings. The molecule has 0 saturated heterocycles. The fourth-order valence-corrected chi connectivity index (χ4v) is 3.20. The molecule has 1 amide bonds. The normalized spacial score (nSPS) is 19.8. The van der Waals surface area contributed by atoms with Gasteiger partial charge in [-0.3, -0.25) is 4.79 Å². The first-order valence-corrected chi connectivity index (χ1v) is 8.93. The minimum absolute atomic E-state index is 0.0353. The number of anilines is 1. The Hall–Kier alpha value is -2.03. The van der Waals surface area contributed by atoms with Crippen molar-refractivity contribution in [2.24, 2.45) is 0 Å². The van der Waals surface area contributed by atoms with Crippen LogP contribution >= 0.6 is 15.9 Å². The zero-order chi connectivity index (χ0) is 19.1. The summed E-state index contributed by atoms with van der Waals surface area (Å²) in [6, 6.07) is 6.01. The summed E-state index contributed by atoms with van der Waals surface area (Å²) in [4.78, 5) is 12.1. The maximum Gasteiger partial charge on any atom is 0.410 e. The number of benzene rings is 1. The van der Waals surface area contributed by atoms with E-state index in [9.17, 15) is 18.0 Å². The Morgan fingerprint density at radius 1 is 1.35 bits per heavy atom. The highest BCUT2D eigenvalue weighted by Gasteiger charge is 2.46. The fourth-order valence-electron chi connectivity index (χ4n) is 2.93. The summed E-state index contributed by atoms with van der Waals surface area (Å²) in [6.07, 6.45) is -4.67. The number of rotatable bonds is 3. The van der Waals surface area contributed by atoms with Gasteiger partial charge in [-0.15, -0.1) is 0 Å². The summed E-state index contributed by atoms with van der Waals surface area (Å²) in [5.41, 5.74) is 0.704. The number of nitrogens with zero attached hydrogens (tertiary/aromatic N) is 2. The smallest absolute Gasteiger partial charge is 0.363 e. The first kappa shape index (κ1) is 18.8. The van der Waals surface area contributed by atoms with Crippen LogP contribution in [0.1, 0.15) is 48.4 Å². The number of halogens is 4. The largest absolute Gasteiger partial charge is 0.410 e. The summed E-state index contributed by atoms with van der Waals surface area (Å²) < 4.78 is 42.5. The quantitative estimate of drug-likeness (QED) is 0.756. The van der Waals surface area contributed by atoms with Crippen LogP contribution in [0.5, 0.6) is 0 Å². The van der Waals surface area contributed by atoms with Crippen LogP contribution < -0.4 is 10.6 Å². The maximum atomic E-state index is 13.6. The lowest BCUT2D eigenvalue weighted by molar-refractivity contribution is -0.173. The van der Waals surface area contributed by atoms with Gasteiger partial charge < -0.3 is 10.6 Å². The number of amides is 1. The first-order chi connectivity index (χ1) is 12.1. The van der Waals surface area contributed by atoms with Crippen molar-refractivity contribution in [2.75, 3.05) is 5.32 Å². The topological polar surface area (TPSA) is 59.0 Å². The SMILES string of the molecule is CC(C)NC(=O)c1cc2n(n1)[C@H](C(F)(F)F)C[C@H](c1ccc(Br)cc1)N2. The van der Waals surface area contributed by atoms with Crippen LogP contribution in [0.2, 0.25) is 0 Å². The Morgan fingerprint density at radius 3 is 2.58 bits per heavy atom. The number of fused-ring (bicyclic) bond motifs is 1. The number of carbonyl (C=O) groups is 1. The van der Waals surface area contributed by atoms with Crippen molar-refractivity contribution >= 4 is 27.7 Å². The van der Waals surface area contributed by atoms with Crippen LogP contribution in [-0.2, 0) is 0 Å². The number of hydrogen-bond acceptors (Lipinski definition) is 3. The van der Waals surface area contributed by atoms with E-state index in [1.807, 2.05) is 0 Å². The summed E-state index contributed by atoms with van der Waals surface area (Å²) in [7, 11) is 0. The van der Waals surface area contributed by atoms with Crippen LogP contribution in [0.4, 0.5) is 19.0 Å². The van der Waals surface area contributed by atoms with Crippen molar-refractivity contribution in [1.82, 2.24) is 15.1 Å². The zero-order valence-corrected chi connectivity index (χ0v) is 15.7. The molecule has 0 fully saturated rings. The highest BCUT2D eigenvalue weighted by Crippen LogP contribution is 2.43. The number of nitrogens with one attached hydrogen (secondary N) is 2. The van der Waals surface area contributed by atoms with Crippen molar-refractivity contribution in [2.45, 2.75) is 44.6 Å². The second-order valence-corrected chi connectivity index (χ2v) is 7.44. The van der Waals surface area contributed by atoms with E-state index in [1.54, 1.807) is 38.1 Å². The Labute approximate surface area is 157 Å². The van der Waals surface area contributed by atoms with Gasteiger partial charge in [-0.05, 0) is 31.5 Å². The minimum atomic E-state index is -4.47. The molecule has 140 valence electrons. The number of aromatic nitrogens is 2. The summed E-state index contributed by atoms with van der Waals surface area (Å²) in [5.74, 6) is -0.315. The molecule has 1 aliphatic rings. The molecule has 9 heteroatoms. The number of alkyl halides is 3. The molecule has 1 aliphatic heterocycles. The molecule has 2 N–H and O–H groups in total. The summed E-state index contributed by atoms with van der Waals surface area (Å²) in [6.45, 7) is 3.54. The van der Waals surface area contributed by atoms with Gasteiger partial charge in [-0.25, -0.2) is 4.68 Å². The summed E-state index contributed by atoms with van der Waals surface area (Å²) >= 11 is 3.32. The van der Waals surface area contributed by atoms with Gasteiger partial charge in [0.15, 0.2) is 11.7 Å². The van der Waals surface area contributed by atoms with E-state index < -0.39 is 24.2 Å². The van der Waals surface area contributed by atoms with Gasteiger partial charge in [0.1, 0.15) is 5.82 Å². The third-order valence-corrected chi connectivity index (χ3v) is 4.64. The van der Waals surface area contributed by atoms with E-state index in [0.29, 0.717) is 0 Å². The highest BCUT2D eigenvalue weighted by atomic mass is 79.9. The van der Waals surface area contributed by atoms with Crippen molar-refractivity contribution in [3.63, 3.8) is 0 Å². The third-order valence-electron chi connectivity index (χ3n) is 4.11. The van der Waals surface area contributed by atoms with Crippen molar-refractivity contribution in [1.29, 1.82) is 0 Å². The van der Waals surface area contributed by atoms with Crippen molar-refractivity contribution < 1.29 is 18.0 Å². The zero-order valence-electron chi connectivity index (χ0n) is 14.1. The van der Waals surface area contributed by atoms with Crippen LogP contribution in [-0.4, -0.2) is 27.9 Å². The number of hydrogen-bond donors (Lipinski definition) is 2. The molecule has 1 aromatic heterocycles. The first-order valence-electron chi connectivity index (χ1n) is 8.14. The molecular weight excluding hydrogens is 413 g/mol. The predicted octanol–water partition coefficient (Wildman–Crippen LogP) is 4.44. The second kappa shape index (κ2) is 6.94. The van der Waals surface area contributed by atoms with E-state index in [1.165, 1.54) is 6.07 Å². The van der Waals surface area contributed by atoms with Gasteiger partial charge in [0.2, 0.25) is 0 Å². The third kappa shape index (κ3) is 3.87. The molecular formula is C17H18BrF3N4O. The molecule has 2 atom stereocenters. The molecule has 3 rings (SSSR count). The van der Waals surface area contributed by atoms with E-state index in [-0.39, 0.29) is 24.0 Å². The average Bonchev–Trinajstić information content (AvgIpc) is 2.97. The monoisotopic (exact) mass is 430 g/mol. The van der Waals surface area contributed by atoms with Crippen molar-refractivity contribution in [3.05, 3.63) is 46.1 Å².